The number of unbranched alkanes of at least 4 members (excludes halogenated alkanes) is 7. The molecule has 1 heterocycles. The zero-order chi connectivity index (χ0) is 25.4. The molecular formula is C29H48N2O2Si2. The molecule has 6 heteroatoms. The van der Waals surface area contributed by atoms with E-state index in [9.17, 15) is 0 Å². The molecule has 0 saturated heterocycles. The standard InChI is InChI=1S/C29H48N2O2Si2/c1-6-7-12-19-32-27-17-15-26(16-18-27)29-30-24-28(25-31-29)33-20-13-10-8-9-11-14-21-34(2)22-23-35(3,4)5/h15-18,22,24-25H,6-14,19-21,23H2,1-5H3/b34-22+. The Kier molecular flexibility index (Phi) is 14.1. The number of ether oxygens (including phenoxy) is 2. The van der Waals surface area contributed by atoms with E-state index in [1.165, 1.54) is 57.0 Å². The molecular weight excluding hydrogens is 465 g/mol. The van der Waals surface area contributed by atoms with E-state index in [-0.39, 0.29) is 8.41 Å². The molecule has 2 aromatic rings. The van der Waals surface area contributed by atoms with Crippen molar-refractivity contribution >= 4 is 22.2 Å². The molecule has 0 aliphatic carbocycles. The van der Waals surface area contributed by atoms with Gasteiger partial charge >= 0.3 is 0 Å². The molecule has 2 rings (SSSR count). The molecule has 0 saturated carbocycles. The number of benzene rings is 1. The smallest absolute Gasteiger partial charge is 0.159 e. The van der Waals surface area contributed by atoms with E-state index < -0.39 is 8.07 Å². The predicted octanol–water partition coefficient (Wildman–Crippen LogP) is 8.28. The maximum atomic E-state index is 5.85. The Morgan fingerprint density at radius 2 is 1.34 bits per heavy atom. The summed E-state index contributed by atoms with van der Waals surface area (Å²) in [5, 5.41) is 0. The third-order valence-corrected chi connectivity index (χ3v) is 9.93. The number of rotatable bonds is 18. The lowest BCUT2D eigenvalue weighted by molar-refractivity contribution is 0.302. The van der Waals surface area contributed by atoms with Crippen LogP contribution in [-0.2, 0) is 0 Å². The van der Waals surface area contributed by atoms with Crippen molar-refractivity contribution in [2.24, 2.45) is 0 Å². The van der Waals surface area contributed by atoms with Gasteiger partial charge in [-0.25, -0.2) is 9.97 Å². The maximum absolute atomic E-state index is 5.85. The van der Waals surface area contributed by atoms with E-state index in [2.05, 4.69) is 48.8 Å². The van der Waals surface area contributed by atoms with Crippen LogP contribution >= 0.6 is 0 Å². The second-order valence-electron chi connectivity index (χ2n) is 10.9. The van der Waals surface area contributed by atoms with Crippen LogP contribution < -0.4 is 9.47 Å². The zero-order valence-electron chi connectivity index (χ0n) is 22.9. The number of aromatic nitrogens is 2. The normalized spacial score (nSPS) is 12.1. The lowest BCUT2D eigenvalue weighted by Gasteiger charge is -2.13. The summed E-state index contributed by atoms with van der Waals surface area (Å²) in [5.74, 6) is 2.36. The summed E-state index contributed by atoms with van der Waals surface area (Å²) in [5.41, 5.74) is 3.66. The number of nitrogens with zero attached hydrogens (tertiary/aromatic N) is 2. The Labute approximate surface area is 217 Å². The molecule has 1 aromatic carbocycles. The molecule has 0 N–H and O–H groups in total. The van der Waals surface area contributed by atoms with Crippen LogP contribution in [0.1, 0.15) is 64.7 Å². The molecule has 1 aromatic heterocycles. The highest BCUT2D eigenvalue weighted by atomic mass is 28.3. The lowest BCUT2D eigenvalue weighted by Crippen LogP contribution is -2.21. The van der Waals surface area contributed by atoms with Crippen molar-refractivity contribution in [2.75, 3.05) is 13.2 Å². The summed E-state index contributed by atoms with van der Waals surface area (Å²) in [6.07, 6.45) is 14.8. The summed E-state index contributed by atoms with van der Waals surface area (Å²) < 4.78 is 11.6. The second kappa shape index (κ2) is 16.8. The third-order valence-electron chi connectivity index (χ3n) is 6.05. The Hall–Kier alpha value is -1.80. The molecule has 0 radical (unpaired) electrons. The van der Waals surface area contributed by atoms with Crippen LogP contribution in [-0.4, -0.2) is 45.3 Å². The molecule has 0 fully saturated rings. The fourth-order valence-electron chi connectivity index (χ4n) is 3.77. The Morgan fingerprint density at radius 3 is 1.97 bits per heavy atom. The van der Waals surface area contributed by atoms with Crippen molar-refractivity contribution in [3.8, 4) is 22.9 Å². The second-order valence-corrected chi connectivity index (χ2v) is 19.0. The van der Waals surface area contributed by atoms with E-state index in [1.807, 2.05) is 24.3 Å². The molecule has 0 spiro atoms. The summed E-state index contributed by atoms with van der Waals surface area (Å²) in [6, 6.07) is 10.9. The Balaban J connectivity index is 1.56. The largest absolute Gasteiger partial charge is 0.494 e. The molecule has 0 aliphatic rings. The van der Waals surface area contributed by atoms with Gasteiger partial charge in [-0.15, -0.1) is 5.67 Å². The van der Waals surface area contributed by atoms with Crippen molar-refractivity contribution < 1.29 is 9.47 Å². The molecule has 0 unspecified atom stereocenters. The van der Waals surface area contributed by atoms with E-state index >= 15 is 0 Å². The van der Waals surface area contributed by atoms with Gasteiger partial charge < -0.3 is 9.47 Å². The van der Waals surface area contributed by atoms with Crippen molar-refractivity contribution in [3.05, 3.63) is 36.7 Å². The topological polar surface area (TPSA) is 44.2 Å². The van der Waals surface area contributed by atoms with Crippen LogP contribution in [0.2, 0.25) is 38.3 Å². The molecule has 0 bridgehead atoms. The third kappa shape index (κ3) is 13.8. The first-order valence-corrected chi connectivity index (χ1v) is 19.7. The summed E-state index contributed by atoms with van der Waals surface area (Å²) in [4.78, 5) is 8.96. The van der Waals surface area contributed by atoms with E-state index in [1.54, 1.807) is 12.4 Å². The maximum Gasteiger partial charge on any atom is 0.159 e. The number of hydrogen-bond donors (Lipinski definition) is 0. The zero-order valence-corrected chi connectivity index (χ0v) is 24.9. The van der Waals surface area contributed by atoms with Crippen molar-refractivity contribution in [3.63, 3.8) is 0 Å². The van der Waals surface area contributed by atoms with Gasteiger partial charge in [0.05, 0.1) is 25.6 Å². The van der Waals surface area contributed by atoms with Gasteiger partial charge in [-0.2, -0.15) is 0 Å². The molecule has 35 heavy (non-hydrogen) atoms. The van der Waals surface area contributed by atoms with Crippen molar-refractivity contribution in [2.45, 2.75) is 103 Å². The molecule has 194 valence electrons. The van der Waals surface area contributed by atoms with Gasteiger partial charge in [0.1, 0.15) is 5.75 Å². The predicted molar refractivity (Wildman–Crippen MR) is 156 cm³/mol. The van der Waals surface area contributed by atoms with E-state index in [0.717, 1.165) is 43.1 Å². The Bertz CT molecular complexity index is 846. The van der Waals surface area contributed by atoms with Crippen LogP contribution in [0.25, 0.3) is 11.4 Å². The van der Waals surface area contributed by atoms with E-state index in [4.69, 9.17) is 9.47 Å². The van der Waals surface area contributed by atoms with Crippen LogP contribution in [0.15, 0.2) is 36.7 Å². The summed E-state index contributed by atoms with van der Waals surface area (Å²) in [6.45, 7) is 13.6. The van der Waals surface area contributed by atoms with Crippen LogP contribution in [0, 0.1) is 0 Å². The average Bonchev–Trinajstić information content (AvgIpc) is 2.85. The van der Waals surface area contributed by atoms with Crippen molar-refractivity contribution in [1.29, 1.82) is 0 Å². The first-order valence-electron chi connectivity index (χ1n) is 13.7. The fourth-order valence-corrected chi connectivity index (χ4v) is 8.62. The van der Waals surface area contributed by atoms with Gasteiger partial charge in [0.2, 0.25) is 0 Å². The highest BCUT2D eigenvalue weighted by Gasteiger charge is 2.10. The first-order chi connectivity index (χ1) is 16.9. The monoisotopic (exact) mass is 512 g/mol. The van der Waals surface area contributed by atoms with Gasteiger partial charge in [-0.05, 0) is 49.2 Å². The van der Waals surface area contributed by atoms with Gasteiger partial charge in [0.15, 0.2) is 11.6 Å². The minimum atomic E-state index is -0.898. The highest BCUT2D eigenvalue weighted by molar-refractivity contribution is 6.82. The summed E-state index contributed by atoms with van der Waals surface area (Å²) >= 11 is 0. The van der Waals surface area contributed by atoms with Crippen LogP contribution in [0.3, 0.4) is 0 Å². The van der Waals surface area contributed by atoms with Gasteiger partial charge in [-0.3, -0.25) is 0 Å². The Morgan fingerprint density at radius 1 is 0.771 bits per heavy atom. The lowest BCUT2D eigenvalue weighted by atomic mass is 10.1. The first kappa shape index (κ1) is 29.4. The van der Waals surface area contributed by atoms with Crippen LogP contribution in [0.4, 0.5) is 0 Å². The molecule has 4 nitrogen and oxygen atoms in total. The molecule has 0 atom stereocenters. The van der Waals surface area contributed by atoms with Crippen molar-refractivity contribution in [1.82, 2.24) is 9.97 Å². The van der Waals surface area contributed by atoms with Crippen LogP contribution in [0.5, 0.6) is 11.5 Å². The van der Waals surface area contributed by atoms with Gasteiger partial charge in [0, 0.05) is 22.0 Å². The van der Waals surface area contributed by atoms with Gasteiger partial charge in [-0.1, -0.05) is 78.1 Å². The quantitative estimate of drug-likeness (QED) is 0.149. The highest BCUT2D eigenvalue weighted by Crippen LogP contribution is 2.21. The van der Waals surface area contributed by atoms with E-state index in [0.29, 0.717) is 5.82 Å². The minimum Gasteiger partial charge on any atom is -0.494 e. The number of hydrogen-bond acceptors (Lipinski definition) is 4. The minimum absolute atomic E-state index is 0.210. The average molecular weight is 513 g/mol. The summed E-state index contributed by atoms with van der Waals surface area (Å²) in [7, 11) is -1.11. The molecule has 0 amide bonds. The van der Waals surface area contributed by atoms with Gasteiger partial charge in [0.25, 0.3) is 0 Å². The molecule has 0 aliphatic heterocycles. The SMILES string of the molecule is CCCCCOc1ccc(-c2ncc(OCCCCCCCC/[Si](C)=C/C[Si](C)(C)C)cn2)cc1. The fraction of sp³-hybridized carbons (Fsp3) is 0.621.